The first-order valence-electron chi connectivity index (χ1n) is 7.80. The van der Waals surface area contributed by atoms with Gasteiger partial charge in [0.1, 0.15) is 0 Å². The van der Waals surface area contributed by atoms with Crippen molar-refractivity contribution in [3.63, 3.8) is 0 Å². The summed E-state index contributed by atoms with van der Waals surface area (Å²) in [5.74, 6) is 0. The highest BCUT2D eigenvalue weighted by atomic mass is 16.6. The van der Waals surface area contributed by atoms with Crippen molar-refractivity contribution in [3.8, 4) is 0 Å². The van der Waals surface area contributed by atoms with Gasteiger partial charge in [-0.3, -0.25) is 0 Å². The molecule has 6 nitrogen and oxygen atoms in total. The second kappa shape index (κ2) is 6.62. The molecule has 0 saturated carbocycles. The van der Waals surface area contributed by atoms with Gasteiger partial charge in [-0.2, -0.15) is 0 Å². The van der Waals surface area contributed by atoms with Crippen LogP contribution >= 0.6 is 0 Å². The molecule has 0 unspecified atom stereocenters. The number of amides is 2. The Morgan fingerprint density at radius 1 is 0.708 bits per heavy atom. The van der Waals surface area contributed by atoms with Gasteiger partial charge in [-0.1, -0.05) is 24.3 Å². The van der Waals surface area contributed by atoms with Gasteiger partial charge in [-0.05, 0) is 38.1 Å². The van der Waals surface area contributed by atoms with Gasteiger partial charge in [0.2, 0.25) is 0 Å². The quantitative estimate of drug-likeness (QED) is 0.810. The van der Waals surface area contributed by atoms with Gasteiger partial charge < -0.3 is 9.47 Å². The van der Waals surface area contributed by atoms with E-state index in [4.69, 9.17) is 9.47 Å². The Hall–Kier alpha value is -3.02. The molecule has 0 bridgehead atoms. The summed E-state index contributed by atoms with van der Waals surface area (Å²) in [6.07, 6.45) is -0.971. The minimum Gasteiger partial charge on any atom is -0.449 e. The van der Waals surface area contributed by atoms with Crippen molar-refractivity contribution in [2.24, 2.45) is 0 Å². The number of hydrogen-bond acceptors (Lipinski definition) is 4. The topological polar surface area (TPSA) is 59.1 Å². The van der Waals surface area contributed by atoms with Crippen molar-refractivity contribution in [1.82, 2.24) is 0 Å². The lowest BCUT2D eigenvalue weighted by molar-refractivity contribution is 0.160. The summed E-state index contributed by atoms with van der Waals surface area (Å²) in [5.41, 5.74) is 2.29. The predicted molar refractivity (Wildman–Crippen MR) is 91.2 cm³/mol. The molecule has 24 heavy (non-hydrogen) atoms. The van der Waals surface area contributed by atoms with Crippen molar-refractivity contribution in [1.29, 1.82) is 0 Å². The number of benzene rings is 2. The zero-order valence-corrected chi connectivity index (χ0v) is 13.6. The molecule has 1 aliphatic rings. The average molecular weight is 326 g/mol. The van der Waals surface area contributed by atoms with E-state index in [1.807, 2.05) is 24.3 Å². The lowest BCUT2D eigenvalue weighted by Crippen LogP contribution is -2.37. The highest BCUT2D eigenvalue weighted by Crippen LogP contribution is 2.48. The molecule has 6 heteroatoms. The summed E-state index contributed by atoms with van der Waals surface area (Å²) in [6.45, 7) is 4.04. The summed E-state index contributed by atoms with van der Waals surface area (Å²) in [5, 5.41) is 0. The van der Waals surface area contributed by atoms with Crippen molar-refractivity contribution < 1.29 is 19.1 Å². The van der Waals surface area contributed by atoms with Crippen LogP contribution in [-0.4, -0.2) is 25.4 Å². The van der Waals surface area contributed by atoms with Gasteiger partial charge in [0.15, 0.2) is 0 Å². The molecule has 0 aliphatic carbocycles. The molecule has 0 fully saturated rings. The van der Waals surface area contributed by atoms with Crippen LogP contribution in [0.2, 0.25) is 0 Å². The fourth-order valence-electron chi connectivity index (χ4n) is 2.71. The maximum atomic E-state index is 12.5. The van der Waals surface area contributed by atoms with Crippen molar-refractivity contribution in [2.75, 3.05) is 23.0 Å². The van der Waals surface area contributed by atoms with E-state index < -0.39 is 12.2 Å². The van der Waals surface area contributed by atoms with Crippen molar-refractivity contribution >= 4 is 34.9 Å². The summed E-state index contributed by atoms with van der Waals surface area (Å²) in [7, 11) is 0. The standard InChI is InChI=1S/C18H18N2O4/c1-3-23-17(21)19-13-9-5-7-11-15(13)20(18(22)24-4-2)16-12-8-6-10-14(16)19/h5-12H,3-4H2,1-2H3. The van der Waals surface area contributed by atoms with Gasteiger partial charge in [-0.25, -0.2) is 19.4 Å². The summed E-state index contributed by atoms with van der Waals surface area (Å²) in [6, 6.07) is 14.3. The molecule has 1 heterocycles. The first-order valence-corrected chi connectivity index (χ1v) is 7.80. The van der Waals surface area contributed by atoms with E-state index in [1.165, 1.54) is 9.80 Å². The van der Waals surface area contributed by atoms with Gasteiger partial charge in [0, 0.05) is 0 Å². The third kappa shape index (κ3) is 2.56. The predicted octanol–water partition coefficient (Wildman–Crippen LogP) is 4.59. The monoisotopic (exact) mass is 326 g/mol. The molecule has 0 N–H and O–H groups in total. The van der Waals surface area contributed by atoms with Crippen LogP contribution in [-0.2, 0) is 9.47 Å². The van der Waals surface area contributed by atoms with E-state index in [0.717, 1.165) is 0 Å². The van der Waals surface area contributed by atoms with Gasteiger partial charge in [0.05, 0.1) is 36.0 Å². The highest BCUT2D eigenvalue weighted by molar-refractivity contribution is 6.13. The second-order valence-corrected chi connectivity index (χ2v) is 5.05. The molecule has 3 rings (SSSR count). The lowest BCUT2D eigenvalue weighted by Gasteiger charge is -2.36. The normalized spacial score (nSPS) is 12.2. The number of rotatable bonds is 2. The van der Waals surface area contributed by atoms with E-state index in [-0.39, 0.29) is 13.2 Å². The van der Waals surface area contributed by atoms with Crippen molar-refractivity contribution in [2.45, 2.75) is 13.8 Å². The minimum absolute atomic E-state index is 0.265. The molecule has 2 aromatic rings. The number of carbonyl (C=O) groups excluding carboxylic acids is 2. The van der Waals surface area contributed by atoms with Crippen LogP contribution < -0.4 is 9.80 Å². The fourth-order valence-corrected chi connectivity index (χ4v) is 2.71. The Morgan fingerprint density at radius 3 is 1.25 bits per heavy atom. The number of para-hydroxylation sites is 4. The van der Waals surface area contributed by atoms with Gasteiger partial charge in [0.25, 0.3) is 0 Å². The Bertz CT molecular complexity index is 664. The Kier molecular flexibility index (Phi) is 4.37. The Labute approximate surface area is 140 Å². The molecule has 0 aromatic heterocycles. The molecule has 0 atom stereocenters. The van der Waals surface area contributed by atoms with Crippen LogP contribution in [0.1, 0.15) is 13.8 Å². The zero-order valence-electron chi connectivity index (χ0n) is 13.6. The van der Waals surface area contributed by atoms with Crippen LogP contribution in [0.3, 0.4) is 0 Å². The van der Waals surface area contributed by atoms with Gasteiger partial charge in [-0.15, -0.1) is 0 Å². The molecular weight excluding hydrogens is 308 g/mol. The smallest absolute Gasteiger partial charge is 0.419 e. The van der Waals surface area contributed by atoms with Crippen molar-refractivity contribution in [3.05, 3.63) is 48.5 Å². The van der Waals surface area contributed by atoms with E-state index in [0.29, 0.717) is 22.7 Å². The molecular formula is C18H18N2O4. The number of hydrogen-bond donors (Lipinski definition) is 0. The number of nitrogens with zero attached hydrogens (tertiary/aromatic N) is 2. The summed E-state index contributed by atoms with van der Waals surface area (Å²) >= 11 is 0. The first-order chi connectivity index (χ1) is 11.7. The van der Waals surface area contributed by atoms with Crippen LogP contribution in [0.4, 0.5) is 32.3 Å². The largest absolute Gasteiger partial charge is 0.449 e. The summed E-state index contributed by atoms with van der Waals surface area (Å²) in [4.78, 5) is 27.9. The number of ether oxygens (including phenoxy) is 2. The SMILES string of the molecule is CCOC(=O)N1c2ccccc2N(C(=O)OCC)c2ccccc21. The van der Waals surface area contributed by atoms with E-state index in [2.05, 4.69) is 0 Å². The first kappa shape index (κ1) is 15.9. The van der Waals surface area contributed by atoms with Crippen LogP contribution in [0.5, 0.6) is 0 Å². The molecule has 124 valence electrons. The third-order valence-corrected chi connectivity index (χ3v) is 3.63. The molecule has 0 radical (unpaired) electrons. The molecule has 2 amide bonds. The Balaban J connectivity index is 2.19. The molecule has 0 saturated heterocycles. The maximum absolute atomic E-state index is 12.5. The second-order valence-electron chi connectivity index (χ2n) is 5.05. The van der Waals surface area contributed by atoms with Crippen LogP contribution in [0.15, 0.2) is 48.5 Å². The van der Waals surface area contributed by atoms with Crippen LogP contribution in [0.25, 0.3) is 0 Å². The minimum atomic E-state index is -0.485. The number of fused-ring (bicyclic) bond motifs is 2. The fraction of sp³-hybridized carbons (Fsp3) is 0.222. The molecule has 1 aliphatic heterocycles. The average Bonchev–Trinajstić information content (AvgIpc) is 2.59. The highest BCUT2D eigenvalue weighted by Gasteiger charge is 2.35. The number of anilines is 4. The van der Waals surface area contributed by atoms with E-state index in [9.17, 15) is 9.59 Å². The zero-order chi connectivity index (χ0) is 17.1. The molecule has 0 spiro atoms. The number of carbonyl (C=O) groups is 2. The Morgan fingerprint density at radius 2 is 1.00 bits per heavy atom. The van der Waals surface area contributed by atoms with E-state index in [1.54, 1.807) is 38.1 Å². The lowest BCUT2D eigenvalue weighted by atomic mass is 10.1. The summed E-state index contributed by atoms with van der Waals surface area (Å²) < 4.78 is 10.4. The third-order valence-electron chi connectivity index (χ3n) is 3.63. The molecule has 2 aromatic carbocycles. The van der Waals surface area contributed by atoms with Gasteiger partial charge >= 0.3 is 12.2 Å². The van der Waals surface area contributed by atoms with E-state index >= 15 is 0 Å². The maximum Gasteiger partial charge on any atom is 0.419 e. The van der Waals surface area contributed by atoms with Crippen LogP contribution in [0, 0.1) is 0 Å².